The van der Waals surface area contributed by atoms with E-state index in [0.717, 1.165) is 0 Å². The maximum Gasteiger partial charge on any atom is 0.162 e. The summed E-state index contributed by atoms with van der Waals surface area (Å²) in [4.78, 5) is 15.5. The molecule has 0 aliphatic rings. The molecule has 0 unspecified atom stereocenters. The Bertz CT molecular complexity index is 372. The molecule has 80 valence electrons. The summed E-state index contributed by atoms with van der Waals surface area (Å²) in [5.74, 6) is 0.603. The molecule has 0 N–H and O–H groups in total. The molecule has 0 bridgehead atoms. The molecule has 0 aliphatic carbocycles. The Balaban J connectivity index is 2.92. The summed E-state index contributed by atoms with van der Waals surface area (Å²) >= 11 is 0. The van der Waals surface area contributed by atoms with Gasteiger partial charge in [-0.15, -0.1) is 0 Å². The molecule has 0 fully saturated rings. The van der Waals surface area contributed by atoms with Gasteiger partial charge in [0, 0.05) is 18.2 Å². The number of ether oxygens (including phenoxy) is 1. The maximum absolute atomic E-state index is 11.4. The van der Waals surface area contributed by atoms with Gasteiger partial charge in [0.15, 0.2) is 5.78 Å². The number of ketones is 1. The van der Waals surface area contributed by atoms with Gasteiger partial charge < -0.3 is 4.74 Å². The topological polar surface area (TPSA) is 39.2 Å². The lowest BCUT2D eigenvalue weighted by atomic mass is 10.1. The minimum atomic E-state index is 0.1000. The van der Waals surface area contributed by atoms with Gasteiger partial charge >= 0.3 is 0 Å². The minimum absolute atomic E-state index is 0.1000. The van der Waals surface area contributed by atoms with Crippen molar-refractivity contribution in [2.24, 2.45) is 0 Å². The Labute approximate surface area is 89.8 Å². The molecule has 0 saturated carbocycles. The van der Waals surface area contributed by atoms with Crippen LogP contribution in [0.25, 0.3) is 5.76 Å². The van der Waals surface area contributed by atoms with Crippen molar-refractivity contribution in [1.82, 2.24) is 4.98 Å². The maximum atomic E-state index is 11.4. The molecule has 0 saturated heterocycles. The van der Waals surface area contributed by atoms with Crippen molar-refractivity contribution in [2.75, 3.05) is 6.61 Å². The van der Waals surface area contributed by atoms with E-state index in [1.807, 2.05) is 13.8 Å². The number of nitrogens with zero attached hydrogens (tertiary/aromatic N) is 1. The molecule has 0 spiro atoms. The number of aromatic nitrogens is 1. The summed E-state index contributed by atoms with van der Waals surface area (Å²) in [6.07, 6.45) is 2.09. The average Bonchev–Trinajstić information content (AvgIpc) is 2.28. The molecule has 0 amide bonds. The number of hydrogen-bond donors (Lipinski definition) is 0. The zero-order chi connectivity index (χ0) is 11.3. The number of carbonyl (C=O) groups excluding carboxylic acids is 1. The molecule has 1 heterocycles. The predicted molar refractivity (Wildman–Crippen MR) is 59.5 cm³/mol. The standard InChI is InChI=1S/C12H15NO2/c1-4-12(14)10-6-7-13-11(8-10)9(3)15-5-2/h6-8H,3-5H2,1-2H3. The van der Waals surface area contributed by atoms with Crippen LogP contribution in [-0.4, -0.2) is 17.4 Å². The van der Waals surface area contributed by atoms with Gasteiger partial charge in [-0.2, -0.15) is 0 Å². The van der Waals surface area contributed by atoms with Crippen LogP contribution in [0.3, 0.4) is 0 Å². The van der Waals surface area contributed by atoms with Crippen LogP contribution >= 0.6 is 0 Å². The lowest BCUT2D eigenvalue weighted by Gasteiger charge is -2.06. The van der Waals surface area contributed by atoms with Gasteiger partial charge in [-0.25, -0.2) is 0 Å². The predicted octanol–water partition coefficient (Wildman–Crippen LogP) is 2.68. The highest BCUT2D eigenvalue weighted by atomic mass is 16.5. The molecular weight excluding hydrogens is 190 g/mol. The average molecular weight is 205 g/mol. The SMILES string of the molecule is C=C(OCC)c1cc(C(=O)CC)ccn1. The molecule has 0 atom stereocenters. The van der Waals surface area contributed by atoms with E-state index in [-0.39, 0.29) is 5.78 Å². The van der Waals surface area contributed by atoms with Crippen LogP contribution in [0.1, 0.15) is 36.3 Å². The molecule has 1 aromatic heterocycles. The van der Waals surface area contributed by atoms with Crippen molar-refractivity contribution in [3.8, 4) is 0 Å². The van der Waals surface area contributed by atoms with E-state index in [1.54, 1.807) is 18.3 Å². The first-order chi connectivity index (χ1) is 7.19. The van der Waals surface area contributed by atoms with E-state index in [1.165, 1.54) is 0 Å². The van der Waals surface area contributed by atoms with Crippen LogP contribution in [0.5, 0.6) is 0 Å². The van der Waals surface area contributed by atoms with Crippen LogP contribution in [0.4, 0.5) is 0 Å². The second-order valence-electron chi connectivity index (χ2n) is 3.06. The van der Waals surface area contributed by atoms with E-state index >= 15 is 0 Å². The van der Waals surface area contributed by atoms with E-state index in [2.05, 4.69) is 11.6 Å². The third-order valence-electron chi connectivity index (χ3n) is 2.01. The molecule has 1 aromatic rings. The molecule has 3 heteroatoms. The van der Waals surface area contributed by atoms with Crippen molar-refractivity contribution in [1.29, 1.82) is 0 Å². The van der Waals surface area contributed by atoms with Gasteiger partial charge in [-0.3, -0.25) is 9.78 Å². The monoisotopic (exact) mass is 205 g/mol. The third kappa shape index (κ3) is 2.91. The number of hydrogen-bond acceptors (Lipinski definition) is 3. The zero-order valence-electron chi connectivity index (χ0n) is 9.12. The Morgan fingerprint density at radius 3 is 2.87 bits per heavy atom. The summed E-state index contributed by atoms with van der Waals surface area (Å²) in [5, 5.41) is 0. The first-order valence-electron chi connectivity index (χ1n) is 5.00. The fourth-order valence-electron chi connectivity index (χ4n) is 1.21. The highest BCUT2D eigenvalue weighted by Gasteiger charge is 2.06. The lowest BCUT2D eigenvalue weighted by molar-refractivity contribution is 0.0988. The van der Waals surface area contributed by atoms with Crippen molar-refractivity contribution in [3.05, 3.63) is 36.2 Å². The van der Waals surface area contributed by atoms with Gasteiger partial charge in [0.25, 0.3) is 0 Å². The van der Waals surface area contributed by atoms with Gasteiger partial charge in [-0.1, -0.05) is 13.5 Å². The fraction of sp³-hybridized carbons (Fsp3) is 0.333. The zero-order valence-corrected chi connectivity index (χ0v) is 9.12. The lowest BCUT2D eigenvalue weighted by Crippen LogP contribution is -2.00. The summed E-state index contributed by atoms with van der Waals surface area (Å²) in [6, 6.07) is 3.42. The van der Waals surface area contributed by atoms with Crippen molar-refractivity contribution in [3.63, 3.8) is 0 Å². The summed E-state index contributed by atoms with van der Waals surface area (Å²) in [7, 11) is 0. The van der Waals surface area contributed by atoms with E-state index in [4.69, 9.17) is 4.74 Å². The van der Waals surface area contributed by atoms with Crippen molar-refractivity contribution < 1.29 is 9.53 Å². The fourth-order valence-corrected chi connectivity index (χ4v) is 1.21. The van der Waals surface area contributed by atoms with Gasteiger partial charge in [0.1, 0.15) is 11.5 Å². The number of Topliss-reactive ketones (excluding diaryl/α,β-unsaturated/α-hetero) is 1. The van der Waals surface area contributed by atoms with Gasteiger partial charge in [-0.05, 0) is 19.1 Å². The number of rotatable bonds is 5. The smallest absolute Gasteiger partial charge is 0.162 e. The summed E-state index contributed by atoms with van der Waals surface area (Å²) in [6.45, 7) is 8.01. The second kappa shape index (κ2) is 5.29. The highest BCUT2D eigenvalue weighted by Crippen LogP contribution is 2.13. The largest absolute Gasteiger partial charge is 0.492 e. The first-order valence-corrected chi connectivity index (χ1v) is 5.00. The molecule has 15 heavy (non-hydrogen) atoms. The molecule has 0 aliphatic heterocycles. The van der Waals surface area contributed by atoms with Crippen LogP contribution < -0.4 is 0 Å². The van der Waals surface area contributed by atoms with E-state index < -0.39 is 0 Å². The second-order valence-corrected chi connectivity index (χ2v) is 3.06. The van der Waals surface area contributed by atoms with Crippen LogP contribution in [0.2, 0.25) is 0 Å². The van der Waals surface area contributed by atoms with Crippen molar-refractivity contribution in [2.45, 2.75) is 20.3 Å². The van der Waals surface area contributed by atoms with Crippen LogP contribution in [0.15, 0.2) is 24.9 Å². The van der Waals surface area contributed by atoms with Crippen molar-refractivity contribution >= 4 is 11.5 Å². The first kappa shape index (κ1) is 11.4. The van der Waals surface area contributed by atoms with E-state index in [0.29, 0.717) is 30.0 Å². The Hall–Kier alpha value is -1.64. The number of pyridine rings is 1. The molecular formula is C12H15NO2. The van der Waals surface area contributed by atoms with Crippen LogP contribution in [0, 0.1) is 0 Å². The van der Waals surface area contributed by atoms with E-state index in [9.17, 15) is 4.79 Å². The highest BCUT2D eigenvalue weighted by molar-refractivity contribution is 5.96. The van der Waals surface area contributed by atoms with Gasteiger partial charge in [0.05, 0.1) is 6.61 Å². The normalized spacial score (nSPS) is 9.73. The minimum Gasteiger partial charge on any atom is -0.492 e. The third-order valence-corrected chi connectivity index (χ3v) is 2.01. The molecule has 0 radical (unpaired) electrons. The molecule has 1 rings (SSSR count). The molecule has 0 aromatic carbocycles. The Kier molecular flexibility index (Phi) is 4.03. The Morgan fingerprint density at radius 2 is 2.27 bits per heavy atom. The molecule has 3 nitrogen and oxygen atoms in total. The Morgan fingerprint density at radius 1 is 1.53 bits per heavy atom. The summed E-state index contributed by atoms with van der Waals surface area (Å²) in [5.41, 5.74) is 1.28. The number of carbonyl (C=O) groups is 1. The quantitative estimate of drug-likeness (QED) is 0.548. The van der Waals surface area contributed by atoms with Crippen LogP contribution in [-0.2, 0) is 4.74 Å². The van der Waals surface area contributed by atoms with Gasteiger partial charge in [0.2, 0.25) is 0 Å². The summed E-state index contributed by atoms with van der Waals surface area (Å²) < 4.78 is 5.23.